The lowest BCUT2D eigenvalue weighted by Crippen LogP contribution is -2.19. The molecule has 7 nitrogen and oxygen atoms in total. The molecule has 0 saturated carbocycles. The zero-order valence-corrected chi connectivity index (χ0v) is 19.3. The monoisotopic (exact) mass is 470 g/mol. The van der Waals surface area contributed by atoms with Crippen molar-refractivity contribution in [1.82, 2.24) is 14.8 Å². The maximum atomic E-state index is 13.0. The second-order valence-corrected chi connectivity index (χ2v) is 8.78. The van der Waals surface area contributed by atoms with Crippen LogP contribution in [0.5, 0.6) is 5.75 Å². The summed E-state index contributed by atoms with van der Waals surface area (Å²) < 4.78 is 7.23. The quantitative estimate of drug-likeness (QED) is 0.308. The molecule has 170 valence electrons. The number of hydrogen-bond donors (Lipinski definition) is 1. The van der Waals surface area contributed by atoms with Gasteiger partial charge in [0.1, 0.15) is 5.75 Å². The molecule has 0 aliphatic carbocycles. The first-order valence-electron chi connectivity index (χ1n) is 10.9. The zero-order valence-electron chi connectivity index (χ0n) is 18.5. The second-order valence-electron chi connectivity index (χ2n) is 7.84. The Morgan fingerprint density at radius 2 is 1.82 bits per heavy atom. The molecule has 0 atom stereocenters. The molecule has 34 heavy (non-hydrogen) atoms. The highest BCUT2D eigenvalue weighted by Gasteiger charge is 2.20. The summed E-state index contributed by atoms with van der Waals surface area (Å²) in [6, 6.07) is 22.9. The highest BCUT2D eigenvalue weighted by atomic mass is 32.2. The van der Waals surface area contributed by atoms with Crippen LogP contribution in [0.3, 0.4) is 0 Å². The van der Waals surface area contributed by atoms with E-state index in [1.807, 2.05) is 65.2 Å². The minimum absolute atomic E-state index is 0.00157. The lowest BCUT2D eigenvalue weighted by molar-refractivity contribution is -0.116. The van der Waals surface area contributed by atoms with Crippen LogP contribution in [0.1, 0.15) is 22.3 Å². The van der Waals surface area contributed by atoms with E-state index in [4.69, 9.17) is 4.74 Å². The van der Waals surface area contributed by atoms with Gasteiger partial charge in [-0.05, 0) is 66.6 Å². The van der Waals surface area contributed by atoms with Gasteiger partial charge >= 0.3 is 0 Å². The fourth-order valence-electron chi connectivity index (χ4n) is 3.87. The number of Topliss-reactive ketones (excluding diaryl/α,β-unsaturated/α-hetero) is 1. The number of ketones is 1. The molecule has 1 aromatic heterocycles. The smallest absolute Gasteiger partial charge is 0.224 e. The van der Waals surface area contributed by atoms with E-state index < -0.39 is 0 Å². The highest BCUT2D eigenvalue weighted by molar-refractivity contribution is 7.99. The van der Waals surface area contributed by atoms with Gasteiger partial charge in [0.15, 0.2) is 16.8 Å². The number of carbonyl (C=O) groups excluding carboxylic acids is 2. The van der Waals surface area contributed by atoms with Crippen molar-refractivity contribution in [2.45, 2.75) is 18.0 Å². The first-order chi connectivity index (χ1) is 16.6. The molecule has 0 bridgehead atoms. The molecule has 1 aliphatic heterocycles. The number of carbonyl (C=O) groups is 2. The number of rotatable bonds is 7. The SMILES string of the molecule is COc1ccc(-c2nnc(SCC(=O)c3ccc4c(c3)CCC(=O)N4)n2-c2ccccc2)cc1. The Balaban J connectivity index is 1.41. The van der Waals surface area contributed by atoms with Gasteiger partial charge in [-0.3, -0.25) is 14.2 Å². The highest BCUT2D eigenvalue weighted by Crippen LogP contribution is 2.30. The molecule has 1 aliphatic rings. The standard InChI is InChI=1S/C26H22N4O3S/c1-33-21-11-7-17(8-12-21)25-28-29-26(30(25)20-5-3-2-4-6-20)34-16-23(31)19-9-13-22-18(15-19)10-14-24(32)27-22/h2-9,11-13,15H,10,14,16H2,1H3,(H,27,32). The van der Waals surface area contributed by atoms with E-state index in [0.29, 0.717) is 29.4 Å². The maximum absolute atomic E-state index is 13.0. The van der Waals surface area contributed by atoms with E-state index in [0.717, 1.165) is 28.3 Å². The first-order valence-corrected chi connectivity index (χ1v) is 11.8. The fraction of sp³-hybridized carbons (Fsp3) is 0.154. The third kappa shape index (κ3) is 4.45. The normalized spacial score (nSPS) is 12.7. The predicted octanol–water partition coefficient (Wildman–Crippen LogP) is 4.80. The number of ether oxygens (including phenoxy) is 1. The van der Waals surface area contributed by atoms with Gasteiger partial charge in [-0.15, -0.1) is 10.2 Å². The number of aryl methyl sites for hydroxylation is 1. The number of amides is 1. The van der Waals surface area contributed by atoms with Crippen LogP contribution >= 0.6 is 11.8 Å². The molecule has 8 heteroatoms. The minimum atomic E-state index is -0.00157. The van der Waals surface area contributed by atoms with Crippen molar-refractivity contribution >= 4 is 29.1 Å². The summed E-state index contributed by atoms with van der Waals surface area (Å²) in [5.74, 6) is 1.68. The van der Waals surface area contributed by atoms with E-state index >= 15 is 0 Å². The van der Waals surface area contributed by atoms with E-state index in [9.17, 15) is 9.59 Å². The number of thioether (sulfide) groups is 1. The summed E-state index contributed by atoms with van der Waals surface area (Å²) in [7, 11) is 1.63. The molecule has 4 aromatic rings. The number of nitrogens with zero attached hydrogens (tertiary/aromatic N) is 3. The van der Waals surface area contributed by atoms with Gasteiger partial charge < -0.3 is 10.1 Å². The van der Waals surface area contributed by atoms with E-state index in [1.54, 1.807) is 19.2 Å². The maximum Gasteiger partial charge on any atom is 0.224 e. The number of hydrogen-bond acceptors (Lipinski definition) is 6. The first kappa shape index (κ1) is 21.9. The Kier molecular flexibility index (Phi) is 6.14. The average Bonchev–Trinajstić information content (AvgIpc) is 3.31. The van der Waals surface area contributed by atoms with Crippen molar-refractivity contribution in [1.29, 1.82) is 0 Å². The van der Waals surface area contributed by atoms with Crippen molar-refractivity contribution in [3.05, 3.63) is 83.9 Å². The summed E-state index contributed by atoms with van der Waals surface area (Å²) in [4.78, 5) is 24.6. The molecular weight excluding hydrogens is 448 g/mol. The molecule has 0 radical (unpaired) electrons. The van der Waals surface area contributed by atoms with Crippen molar-refractivity contribution < 1.29 is 14.3 Å². The van der Waals surface area contributed by atoms with Crippen LogP contribution in [0.2, 0.25) is 0 Å². The molecule has 1 amide bonds. The number of para-hydroxylation sites is 1. The lowest BCUT2D eigenvalue weighted by Gasteiger charge is -2.17. The summed E-state index contributed by atoms with van der Waals surface area (Å²) in [6.45, 7) is 0. The topological polar surface area (TPSA) is 86.1 Å². The van der Waals surface area contributed by atoms with Crippen LogP contribution in [-0.2, 0) is 11.2 Å². The summed E-state index contributed by atoms with van der Waals surface area (Å²) in [5.41, 5.74) is 4.21. The van der Waals surface area contributed by atoms with Crippen molar-refractivity contribution in [2.24, 2.45) is 0 Å². The molecule has 5 rings (SSSR count). The molecule has 0 unspecified atom stereocenters. The number of fused-ring (bicyclic) bond motifs is 1. The Labute approximate surface area is 201 Å². The Morgan fingerprint density at radius 3 is 2.59 bits per heavy atom. The van der Waals surface area contributed by atoms with Crippen LogP contribution in [-0.4, -0.2) is 39.3 Å². The summed E-state index contributed by atoms with van der Waals surface area (Å²) in [6.07, 6.45) is 1.08. The van der Waals surface area contributed by atoms with Crippen LogP contribution in [0.4, 0.5) is 5.69 Å². The molecule has 1 N–H and O–H groups in total. The van der Waals surface area contributed by atoms with Crippen LogP contribution in [0.25, 0.3) is 17.1 Å². The van der Waals surface area contributed by atoms with Crippen molar-refractivity contribution in [3.63, 3.8) is 0 Å². The lowest BCUT2D eigenvalue weighted by atomic mass is 9.99. The van der Waals surface area contributed by atoms with Crippen molar-refractivity contribution in [3.8, 4) is 22.8 Å². The van der Waals surface area contributed by atoms with E-state index in [2.05, 4.69) is 15.5 Å². The molecule has 0 fully saturated rings. The largest absolute Gasteiger partial charge is 0.497 e. The predicted molar refractivity (Wildman–Crippen MR) is 132 cm³/mol. The zero-order chi connectivity index (χ0) is 23.5. The Morgan fingerprint density at radius 1 is 1.03 bits per heavy atom. The van der Waals surface area contributed by atoms with Gasteiger partial charge in [-0.2, -0.15) is 0 Å². The number of aromatic nitrogens is 3. The number of anilines is 1. The van der Waals surface area contributed by atoms with Gasteiger partial charge in [0.25, 0.3) is 0 Å². The van der Waals surface area contributed by atoms with Crippen LogP contribution in [0.15, 0.2) is 78.0 Å². The minimum Gasteiger partial charge on any atom is -0.497 e. The van der Waals surface area contributed by atoms with Gasteiger partial charge in [0.05, 0.1) is 12.9 Å². The van der Waals surface area contributed by atoms with Gasteiger partial charge in [-0.1, -0.05) is 30.0 Å². The molecule has 3 aromatic carbocycles. The Hall–Kier alpha value is -3.91. The summed E-state index contributed by atoms with van der Waals surface area (Å²) in [5, 5.41) is 12.3. The Bertz CT molecular complexity index is 1350. The third-order valence-electron chi connectivity index (χ3n) is 5.65. The van der Waals surface area contributed by atoms with Gasteiger partial charge in [0.2, 0.25) is 5.91 Å². The molecule has 0 saturated heterocycles. The van der Waals surface area contributed by atoms with E-state index in [-0.39, 0.29) is 17.4 Å². The van der Waals surface area contributed by atoms with Crippen LogP contribution in [0, 0.1) is 0 Å². The third-order valence-corrected chi connectivity index (χ3v) is 6.58. The fourth-order valence-corrected chi connectivity index (χ4v) is 4.72. The molecule has 2 heterocycles. The molecule has 0 spiro atoms. The van der Waals surface area contributed by atoms with E-state index in [1.165, 1.54) is 11.8 Å². The number of methoxy groups -OCH3 is 1. The molecular formula is C26H22N4O3S. The second kappa shape index (κ2) is 9.52. The summed E-state index contributed by atoms with van der Waals surface area (Å²) >= 11 is 1.35. The van der Waals surface area contributed by atoms with Crippen molar-refractivity contribution in [2.75, 3.05) is 18.2 Å². The average molecular weight is 471 g/mol. The van der Waals surface area contributed by atoms with Crippen LogP contribution < -0.4 is 10.1 Å². The van der Waals surface area contributed by atoms with Gasteiger partial charge in [-0.25, -0.2) is 0 Å². The van der Waals surface area contributed by atoms with Gasteiger partial charge in [0, 0.05) is 28.9 Å². The number of benzene rings is 3. The number of nitrogens with one attached hydrogen (secondary N) is 1.